The number of carbonyl (C=O) groups excluding carboxylic acids is 4. The largest absolute Gasteiger partial charge is 0.468 e. The van der Waals surface area contributed by atoms with Crippen LogP contribution in [-0.4, -0.2) is 155 Å². The van der Waals surface area contributed by atoms with Crippen LogP contribution in [0.3, 0.4) is 0 Å². The minimum Gasteiger partial charge on any atom is -0.468 e. The van der Waals surface area contributed by atoms with E-state index in [0.29, 0.717) is 71.9 Å². The minimum absolute atomic E-state index is 0.0612. The summed E-state index contributed by atoms with van der Waals surface area (Å²) in [7, 11) is 2.72. The summed E-state index contributed by atoms with van der Waals surface area (Å²) in [6, 6.07) is 0. The number of carbonyl (C=O) groups is 4. The molecule has 0 atom stereocenters. The molecule has 47 heavy (non-hydrogen) atoms. The second-order valence-electron chi connectivity index (χ2n) is 12.4. The highest BCUT2D eigenvalue weighted by molar-refractivity contribution is 5.78. The lowest BCUT2D eigenvalue weighted by atomic mass is 10.1. The van der Waals surface area contributed by atoms with Crippen LogP contribution in [0.4, 0.5) is 0 Å². The highest BCUT2D eigenvalue weighted by Crippen LogP contribution is 2.19. The minimum atomic E-state index is -0.358. The van der Waals surface area contributed by atoms with Crippen molar-refractivity contribution in [2.75, 3.05) is 106 Å². The van der Waals surface area contributed by atoms with Crippen LogP contribution in [0, 0.1) is 0 Å². The van der Waals surface area contributed by atoms with Crippen molar-refractivity contribution in [2.45, 2.75) is 76.7 Å². The van der Waals surface area contributed by atoms with Gasteiger partial charge in [0.2, 0.25) is 5.91 Å². The fourth-order valence-electron chi connectivity index (χ4n) is 5.86. The van der Waals surface area contributed by atoms with Gasteiger partial charge in [-0.25, -0.2) is 0 Å². The van der Waals surface area contributed by atoms with E-state index in [1.54, 1.807) is 0 Å². The Balaban J connectivity index is 2.10. The molecule has 15 heteroatoms. The van der Waals surface area contributed by atoms with Gasteiger partial charge in [0.1, 0.15) is 6.10 Å². The van der Waals surface area contributed by atoms with Crippen molar-refractivity contribution in [2.24, 2.45) is 5.11 Å². The summed E-state index contributed by atoms with van der Waals surface area (Å²) >= 11 is 0. The molecule has 1 N–H and O–H groups in total. The Bertz CT molecular complexity index is 935. The van der Waals surface area contributed by atoms with Crippen molar-refractivity contribution < 1.29 is 33.4 Å². The number of nitrogens with zero attached hydrogens (tertiary/aromatic N) is 7. The first-order chi connectivity index (χ1) is 22.8. The van der Waals surface area contributed by atoms with Gasteiger partial charge in [0, 0.05) is 70.4 Å². The maximum Gasteiger partial charge on any atom is 0.320 e. The zero-order chi connectivity index (χ0) is 34.1. The first-order valence-corrected chi connectivity index (χ1v) is 17.3. The lowest BCUT2D eigenvalue weighted by molar-refractivity contribution is -0.152. The fraction of sp³-hybridized carbons (Fsp3) is 0.875. The van der Waals surface area contributed by atoms with Gasteiger partial charge in [-0.2, -0.15) is 0 Å². The lowest BCUT2D eigenvalue weighted by Gasteiger charge is -2.33. The number of amides is 1. The summed E-state index contributed by atoms with van der Waals surface area (Å²) < 4.78 is 15.9. The fourth-order valence-corrected chi connectivity index (χ4v) is 5.86. The molecule has 0 bridgehead atoms. The van der Waals surface area contributed by atoms with Crippen LogP contribution in [0.5, 0.6) is 0 Å². The Morgan fingerprint density at radius 1 is 0.660 bits per heavy atom. The van der Waals surface area contributed by atoms with Crippen LogP contribution in [0.1, 0.15) is 70.6 Å². The highest BCUT2D eigenvalue weighted by Gasteiger charge is 2.23. The number of methoxy groups -OCH3 is 2. The molecule has 1 aliphatic heterocycles. The third-order valence-electron chi connectivity index (χ3n) is 8.73. The number of hydrogen-bond donors (Lipinski definition) is 1. The monoisotopic (exact) mass is 666 g/mol. The molecule has 1 saturated heterocycles. The van der Waals surface area contributed by atoms with Gasteiger partial charge in [-0.1, -0.05) is 43.6 Å². The number of nitrogens with one attached hydrogen (secondary N) is 1. The summed E-state index contributed by atoms with van der Waals surface area (Å²) in [5, 5.41) is 6.35. The molecule has 2 rings (SSSR count). The van der Waals surface area contributed by atoms with Gasteiger partial charge in [0.15, 0.2) is 0 Å². The smallest absolute Gasteiger partial charge is 0.320 e. The second kappa shape index (κ2) is 25.1. The third kappa shape index (κ3) is 19.4. The predicted octanol–water partition coefficient (Wildman–Crippen LogP) is 2.20. The van der Waals surface area contributed by atoms with Crippen LogP contribution in [0.2, 0.25) is 0 Å². The molecule has 1 saturated carbocycles. The third-order valence-corrected chi connectivity index (χ3v) is 8.73. The standard InChI is InChI=1S/C32H58N8O7/c1-45-30(42)25-38-18-16-37(24-29(41)34-14-11-15-35-36-33)17-19-39(26-31(43)46-2)21-23-40(22-20-38)27-32(44)47-28-12-9-7-5-3-4-6-8-10-13-28/h28H,3-27H2,1-2H3,(H,34,41). The van der Waals surface area contributed by atoms with Gasteiger partial charge >= 0.3 is 17.9 Å². The average molecular weight is 667 g/mol. The van der Waals surface area contributed by atoms with Gasteiger partial charge in [-0.05, 0) is 37.6 Å². The number of azide groups is 1. The van der Waals surface area contributed by atoms with E-state index >= 15 is 0 Å². The number of esters is 3. The summed E-state index contributed by atoms with van der Waals surface area (Å²) in [6.45, 7) is 5.15. The summed E-state index contributed by atoms with van der Waals surface area (Å²) in [4.78, 5) is 61.2. The number of rotatable bonds is 13. The summed E-state index contributed by atoms with van der Waals surface area (Å²) in [6.07, 6.45) is 11.8. The average Bonchev–Trinajstić information content (AvgIpc) is 3.11. The molecule has 268 valence electrons. The van der Waals surface area contributed by atoms with Gasteiger partial charge in [-0.3, -0.25) is 38.8 Å². The van der Waals surface area contributed by atoms with E-state index in [1.807, 2.05) is 19.6 Å². The molecule has 0 aromatic carbocycles. The molecule has 15 nitrogen and oxygen atoms in total. The molecule has 0 aromatic rings. The van der Waals surface area contributed by atoms with Crippen molar-refractivity contribution in [1.82, 2.24) is 24.9 Å². The molecule has 0 spiro atoms. The first-order valence-electron chi connectivity index (χ1n) is 17.3. The summed E-state index contributed by atoms with van der Waals surface area (Å²) in [5.74, 6) is -1.12. The Kier molecular flexibility index (Phi) is 21.5. The van der Waals surface area contributed by atoms with Crippen molar-refractivity contribution in [3.05, 3.63) is 10.4 Å². The van der Waals surface area contributed by atoms with Gasteiger partial charge < -0.3 is 19.5 Å². The van der Waals surface area contributed by atoms with E-state index in [0.717, 1.165) is 25.7 Å². The molecular formula is C32H58N8O7. The highest BCUT2D eigenvalue weighted by atomic mass is 16.5. The molecule has 2 aliphatic rings. The van der Waals surface area contributed by atoms with Crippen molar-refractivity contribution in [1.29, 1.82) is 0 Å². The maximum atomic E-state index is 13.3. The second-order valence-corrected chi connectivity index (χ2v) is 12.4. The van der Waals surface area contributed by atoms with E-state index in [9.17, 15) is 19.2 Å². The molecule has 1 aliphatic carbocycles. The van der Waals surface area contributed by atoms with E-state index in [2.05, 4.69) is 15.3 Å². The quantitative estimate of drug-likeness (QED) is 0.0764. The Hall–Kier alpha value is -2.97. The van der Waals surface area contributed by atoms with Crippen molar-refractivity contribution >= 4 is 23.8 Å². The molecule has 1 heterocycles. The van der Waals surface area contributed by atoms with Crippen molar-refractivity contribution in [3.63, 3.8) is 0 Å². The Morgan fingerprint density at radius 2 is 1.06 bits per heavy atom. The zero-order valence-corrected chi connectivity index (χ0v) is 28.7. The van der Waals surface area contributed by atoms with Crippen LogP contribution < -0.4 is 5.32 Å². The molecule has 0 aromatic heterocycles. The van der Waals surface area contributed by atoms with Crippen LogP contribution in [0.25, 0.3) is 10.4 Å². The van der Waals surface area contributed by atoms with Crippen LogP contribution in [0.15, 0.2) is 5.11 Å². The van der Waals surface area contributed by atoms with E-state index < -0.39 is 0 Å². The zero-order valence-electron chi connectivity index (χ0n) is 28.7. The Morgan fingerprint density at radius 3 is 1.49 bits per heavy atom. The van der Waals surface area contributed by atoms with Crippen LogP contribution >= 0.6 is 0 Å². The van der Waals surface area contributed by atoms with E-state index in [1.165, 1.54) is 52.7 Å². The van der Waals surface area contributed by atoms with Crippen molar-refractivity contribution in [3.8, 4) is 0 Å². The normalized spacial score (nSPS) is 19.5. The first kappa shape index (κ1) is 40.2. The number of ether oxygens (including phenoxy) is 3. The summed E-state index contributed by atoms with van der Waals surface area (Å²) in [5.41, 5.74) is 8.43. The van der Waals surface area contributed by atoms with Gasteiger partial charge in [0.25, 0.3) is 0 Å². The van der Waals surface area contributed by atoms with Crippen LogP contribution in [-0.2, 0) is 33.4 Å². The van der Waals surface area contributed by atoms with E-state index in [4.69, 9.17) is 19.7 Å². The van der Waals surface area contributed by atoms with Gasteiger partial charge in [-0.15, -0.1) is 0 Å². The number of hydrogen-bond acceptors (Lipinski definition) is 12. The molecule has 2 fully saturated rings. The maximum absolute atomic E-state index is 13.3. The predicted molar refractivity (Wildman–Crippen MR) is 177 cm³/mol. The molecule has 0 unspecified atom stereocenters. The topological polar surface area (TPSA) is 170 Å². The Labute approximate surface area is 280 Å². The molecular weight excluding hydrogens is 608 g/mol. The molecule has 0 radical (unpaired) electrons. The van der Waals surface area contributed by atoms with Gasteiger partial charge in [0.05, 0.1) is 40.4 Å². The lowest BCUT2D eigenvalue weighted by Crippen LogP contribution is -2.50. The van der Waals surface area contributed by atoms with E-state index in [-0.39, 0.29) is 56.1 Å². The SMILES string of the molecule is COC(=O)CN1CCN(CC(=O)NCCCN=[N+]=[N-])CCN(CC(=O)OC)CCN(CC(=O)OC2CCCCCCCCCC2)CC1. The molecule has 1 amide bonds.